The van der Waals surface area contributed by atoms with Gasteiger partial charge in [-0.15, -0.1) is 0 Å². The predicted octanol–water partition coefficient (Wildman–Crippen LogP) is 3.03. The van der Waals surface area contributed by atoms with Crippen LogP contribution in [0.2, 0.25) is 5.02 Å². The molecule has 19 heavy (non-hydrogen) atoms. The number of benzene rings is 1. The van der Waals surface area contributed by atoms with E-state index in [0.717, 1.165) is 19.3 Å². The van der Waals surface area contributed by atoms with Gasteiger partial charge >= 0.3 is 0 Å². The van der Waals surface area contributed by atoms with Crippen LogP contribution in [-0.4, -0.2) is 15.0 Å². The lowest BCUT2D eigenvalue weighted by atomic mass is 10.1. The lowest BCUT2D eigenvalue weighted by molar-refractivity contribution is 0.530. The van der Waals surface area contributed by atoms with Gasteiger partial charge in [0.1, 0.15) is 4.90 Å². The normalized spacial score (nSPS) is 12.0. The maximum atomic E-state index is 12.1. The molecule has 0 saturated carbocycles. The Morgan fingerprint density at radius 1 is 1.32 bits per heavy atom. The highest BCUT2D eigenvalue weighted by molar-refractivity contribution is 7.89. The van der Waals surface area contributed by atoms with Crippen molar-refractivity contribution < 1.29 is 8.42 Å². The minimum Gasteiger partial charge on any atom is -0.399 e. The Balaban J connectivity index is 2.59. The molecule has 0 radical (unpaired) electrons. The summed E-state index contributed by atoms with van der Waals surface area (Å²) in [4.78, 5) is 0.0398. The van der Waals surface area contributed by atoms with E-state index < -0.39 is 10.0 Å². The average Bonchev–Trinajstić information content (AvgIpc) is 2.31. The molecule has 3 N–H and O–H groups in total. The van der Waals surface area contributed by atoms with Crippen LogP contribution in [0.4, 0.5) is 5.69 Å². The van der Waals surface area contributed by atoms with Gasteiger partial charge in [0.25, 0.3) is 0 Å². The molecule has 6 heteroatoms. The van der Waals surface area contributed by atoms with E-state index in [0.29, 0.717) is 18.2 Å². The van der Waals surface area contributed by atoms with Crippen molar-refractivity contribution in [3.05, 3.63) is 23.2 Å². The minimum absolute atomic E-state index is 0.0398. The van der Waals surface area contributed by atoms with Crippen molar-refractivity contribution in [2.45, 2.75) is 38.0 Å². The summed E-state index contributed by atoms with van der Waals surface area (Å²) >= 11 is 5.89. The first-order valence-corrected chi connectivity index (χ1v) is 8.23. The van der Waals surface area contributed by atoms with Crippen LogP contribution in [0.1, 0.15) is 33.1 Å². The number of halogens is 1. The van der Waals surface area contributed by atoms with Gasteiger partial charge in [-0.05, 0) is 30.5 Å². The van der Waals surface area contributed by atoms with Crippen LogP contribution in [0.5, 0.6) is 0 Å². The molecule has 0 aliphatic rings. The van der Waals surface area contributed by atoms with Gasteiger partial charge in [0.15, 0.2) is 0 Å². The van der Waals surface area contributed by atoms with Crippen LogP contribution in [0.15, 0.2) is 23.1 Å². The fraction of sp³-hybridized carbons (Fsp3) is 0.538. The van der Waals surface area contributed by atoms with E-state index in [1.54, 1.807) is 6.07 Å². The highest BCUT2D eigenvalue weighted by Crippen LogP contribution is 2.23. The molecule has 1 rings (SSSR count). The third-order valence-corrected chi connectivity index (χ3v) is 4.69. The molecule has 0 saturated heterocycles. The van der Waals surface area contributed by atoms with Gasteiger partial charge in [-0.25, -0.2) is 13.1 Å². The average molecular weight is 305 g/mol. The molecule has 1 aromatic rings. The van der Waals surface area contributed by atoms with Crippen LogP contribution in [0.3, 0.4) is 0 Å². The molecule has 0 amide bonds. The second-order valence-corrected chi connectivity index (χ2v) is 7.12. The quantitative estimate of drug-likeness (QED) is 0.601. The fourth-order valence-corrected chi connectivity index (χ4v) is 3.29. The standard InChI is InChI=1S/C13H21ClN2O2S/c1-10(2)5-3-4-8-16-19(17,18)13-9-11(15)6-7-12(13)14/h6-7,9-10,16H,3-5,8,15H2,1-2H3. The summed E-state index contributed by atoms with van der Waals surface area (Å²) in [6.45, 7) is 4.72. The van der Waals surface area contributed by atoms with Crippen molar-refractivity contribution in [3.8, 4) is 0 Å². The lowest BCUT2D eigenvalue weighted by Crippen LogP contribution is -2.25. The maximum Gasteiger partial charge on any atom is 0.242 e. The molecule has 0 bridgehead atoms. The number of hydrogen-bond donors (Lipinski definition) is 2. The van der Waals surface area contributed by atoms with Crippen molar-refractivity contribution in [2.24, 2.45) is 5.92 Å². The highest BCUT2D eigenvalue weighted by atomic mass is 35.5. The van der Waals surface area contributed by atoms with Crippen molar-refractivity contribution in [1.82, 2.24) is 4.72 Å². The first-order chi connectivity index (χ1) is 8.83. The van der Waals surface area contributed by atoms with Gasteiger partial charge in [-0.2, -0.15) is 0 Å². The SMILES string of the molecule is CC(C)CCCCNS(=O)(=O)c1cc(N)ccc1Cl. The summed E-state index contributed by atoms with van der Waals surface area (Å²) in [5.74, 6) is 0.639. The zero-order chi connectivity index (χ0) is 14.5. The summed E-state index contributed by atoms with van der Waals surface area (Å²) in [7, 11) is -3.58. The van der Waals surface area contributed by atoms with Gasteiger partial charge in [0.05, 0.1) is 5.02 Å². The van der Waals surface area contributed by atoms with Gasteiger partial charge < -0.3 is 5.73 Å². The van der Waals surface area contributed by atoms with Crippen LogP contribution < -0.4 is 10.5 Å². The Labute approximate surface area is 120 Å². The van der Waals surface area contributed by atoms with Crippen molar-refractivity contribution in [3.63, 3.8) is 0 Å². The molecule has 0 heterocycles. The molecule has 1 aromatic carbocycles. The number of anilines is 1. The number of nitrogens with two attached hydrogens (primary N) is 1. The van der Waals surface area contributed by atoms with Crippen molar-refractivity contribution in [1.29, 1.82) is 0 Å². The van der Waals surface area contributed by atoms with Crippen molar-refractivity contribution in [2.75, 3.05) is 12.3 Å². The highest BCUT2D eigenvalue weighted by Gasteiger charge is 2.17. The molecule has 0 aromatic heterocycles. The topological polar surface area (TPSA) is 72.2 Å². The van der Waals surface area contributed by atoms with Crippen LogP contribution in [0, 0.1) is 5.92 Å². The van der Waals surface area contributed by atoms with E-state index in [1.807, 2.05) is 0 Å². The fourth-order valence-electron chi connectivity index (χ4n) is 1.69. The summed E-state index contributed by atoms with van der Waals surface area (Å²) in [6, 6.07) is 4.44. The van der Waals surface area contributed by atoms with Gasteiger partial charge in [0.2, 0.25) is 10.0 Å². The third-order valence-electron chi connectivity index (χ3n) is 2.75. The number of hydrogen-bond acceptors (Lipinski definition) is 3. The molecule has 0 aliphatic heterocycles. The van der Waals surface area contributed by atoms with Crippen LogP contribution in [0.25, 0.3) is 0 Å². The van der Waals surface area contributed by atoms with Gasteiger partial charge in [0, 0.05) is 12.2 Å². The molecule has 4 nitrogen and oxygen atoms in total. The Morgan fingerprint density at radius 3 is 2.63 bits per heavy atom. The number of nitrogens with one attached hydrogen (secondary N) is 1. The molecular formula is C13H21ClN2O2S. The van der Waals surface area contributed by atoms with Crippen LogP contribution in [-0.2, 0) is 10.0 Å². The smallest absolute Gasteiger partial charge is 0.242 e. The van der Waals surface area contributed by atoms with Crippen molar-refractivity contribution >= 4 is 27.3 Å². The molecule has 0 unspecified atom stereocenters. The first-order valence-electron chi connectivity index (χ1n) is 6.37. The van der Waals surface area contributed by atoms with Crippen LogP contribution >= 0.6 is 11.6 Å². The van der Waals surface area contributed by atoms with E-state index in [4.69, 9.17) is 17.3 Å². The molecule has 0 spiro atoms. The van der Waals surface area contributed by atoms with E-state index >= 15 is 0 Å². The second kappa shape index (κ2) is 7.12. The summed E-state index contributed by atoms with van der Waals surface area (Å²) in [5, 5.41) is 0.184. The Kier molecular flexibility index (Phi) is 6.10. The summed E-state index contributed by atoms with van der Waals surface area (Å²) in [5.41, 5.74) is 5.96. The molecule has 0 fully saturated rings. The van der Waals surface area contributed by atoms with E-state index in [2.05, 4.69) is 18.6 Å². The Bertz CT molecular complexity index is 515. The number of unbranched alkanes of at least 4 members (excludes halogenated alkanes) is 1. The van der Waals surface area contributed by atoms with E-state index in [-0.39, 0.29) is 9.92 Å². The van der Waals surface area contributed by atoms with E-state index in [9.17, 15) is 8.42 Å². The molecule has 0 aliphatic carbocycles. The largest absolute Gasteiger partial charge is 0.399 e. The summed E-state index contributed by atoms with van der Waals surface area (Å²) in [6.07, 6.45) is 2.92. The van der Waals surface area contributed by atoms with E-state index in [1.165, 1.54) is 12.1 Å². The number of nitrogen functional groups attached to an aromatic ring is 1. The summed E-state index contributed by atoms with van der Waals surface area (Å²) < 4.78 is 26.7. The molecular weight excluding hydrogens is 284 g/mol. The predicted molar refractivity (Wildman–Crippen MR) is 79.7 cm³/mol. The number of rotatable bonds is 7. The molecule has 0 atom stereocenters. The van der Waals surface area contributed by atoms with Gasteiger partial charge in [-0.3, -0.25) is 0 Å². The number of sulfonamides is 1. The lowest BCUT2D eigenvalue weighted by Gasteiger charge is -2.09. The maximum absolute atomic E-state index is 12.1. The first kappa shape index (κ1) is 16.3. The minimum atomic E-state index is -3.58. The third kappa shape index (κ3) is 5.38. The van der Waals surface area contributed by atoms with Gasteiger partial charge in [-0.1, -0.05) is 38.3 Å². The second-order valence-electron chi connectivity index (χ2n) is 4.98. The molecule has 108 valence electrons. The Hall–Kier alpha value is -0.780. The zero-order valence-electron chi connectivity index (χ0n) is 11.3. The zero-order valence-corrected chi connectivity index (χ0v) is 12.9. The monoisotopic (exact) mass is 304 g/mol. The Morgan fingerprint density at radius 2 is 2.00 bits per heavy atom.